The number of hydrogen-bond donors (Lipinski definition) is 0. The van der Waals surface area contributed by atoms with E-state index >= 15 is 0 Å². The number of aromatic nitrogens is 4. The highest BCUT2D eigenvalue weighted by atomic mass is 32.2. The van der Waals surface area contributed by atoms with Gasteiger partial charge in [0, 0.05) is 29.6 Å². The van der Waals surface area contributed by atoms with Gasteiger partial charge in [-0.25, -0.2) is 0 Å². The van der Waals surface area contributed by atoms with Crippen molar-refractivity contribution in [3.63, 3.8) is 0 Å². The summed E-state index contributed by atoms with van der Waals surface area (Å²) in [5, 5.41) is 9.53. The molecule has 1 aliphatic rings. The minimum atomic E-state index is 0.126. The van der Waals surface area contributed by atoms with Crippen LogP contribution in [-0.4, -0.2) is 31.3 Å². The molecule has 1 fully saturated rings. The Labute approximate surface area is 156 Å². The molecule has 5 nitrogen and oxygen atoms in total. The van der Waals surface area contributed by atoms with Crippen molar-refractivity contribution >= 4 is 17.5 Å². The Bertz CT molecular complexity index is 948. The van der Waals surface area contributed by atoms with E-state index in [1.54, 1.807) is 12.4 Å². The molecular formula is C20H20N4OS. The molecule has 132 valence electrons. The Kier molecular flexibility index (Phi) is 4.59. The van der Waals surface area contributed by atoms with Crippen LogP contribution < -0.4 is 0 Å². The zero-order valence-corrected chi connectivity index (χ0v) is 15.7. The Morgan fingerprint density at radius 1 is 1.23 bits per heavy atom. The van der Waals surface area contributed by atoms with Gasteiger partial charge in [0.1, 0.15) is 0 Å². The standard InChI is InChI=1S/C20H20N4OS/c1-13-5-8-17(14(2)10-13)18(25)12-26-20-23-22-19(24(20)16-6-7-16)15-4-3-9-21-11-15/h3-5,8-11,16H,6-7,12H2,1-2H3. The molecule has 0 aliphatic heterocycles. The maximum Gasteiger partial charge on any atom is 0.192 e. The quantitative estimate of drug-likeness (QED) is 0.483. The van der Waals surface area contributed by atoms with Crippen LogP contribution in [0.15, 0.2) is 47.9 Å². The van der Waals surface area contributed by atoms with Crippen LogP contribution in [0.3, 0.4) is 0 Å². The summed E-state index contributed by atoms with van der Waals surface area (Å²) in [6, 6.07) is 10.3. The number of pyridine rings is 1. The number of hydrogen-bond acceptors (Lipinski definition) is 5. The van der Waals surface area contributed by atoms with E-state index in [1.165, 1.54) is 17.3 Å². The molecule has 3 aromatic rings. The second-order valence-corrected chi connectivity index (χ2v) is 7.62. The predicted octanol–water partition coefficient (Wildman–Crippen LogP) is 4.27. The summed E-state index contributed by atoms with van der Waals surface area (Å²) in [4.78, 5) is 16.8. The van der Waals surface area contributed by atoms with Crippen molar-refractivity contribution in [1.82, 2.24) is 19.7 Å². The van der Waals surface area contributed by atoms with Gasteiger partial charge in [-0.3, -0.25) is 14.3 Å². The number of carbonyl (C=O) groups is 1. The summed E-state index contributed by atoms with van der Waals surface area (Å²) in [6.07, 6.45) is 5.81. The lowest BCUT2D eigenvalue weighted by Crippen LogP contribution is -2.07. The lowest BCUT2D eigenvalue weighted by molar-refractivity contribution is 0.102. The van der Waals surface area contributed by atoms with Gasteiger partial charge in [0.25, 0.3) is 0 Å². The third-order valence-electron chi connectivity index (χ3n) is 4.51. The SMILES string of the molecule is Cc1ccc(C(=O)CSc2nnc(-c3cccnc3)n2C2CC2)c(C)c1. The van der Waals surface area contributed by atoms with Crippen LogP contribution >= 0.6 is 11.8 Å². The molecule has 2 heterocycles. The van der Waals surface area contributed by atoms with Crippen molar-refractivity contribution in [2.24, 2.45) is 0 Å². The van der Waals surface area contributed by atoms with Gasteiger partial charge in [-0.2, -0.15) is 0 Å². The van der Waals surface area contributed by atoms with Gasteiger partial charge in [0.2, 0.25) is 0 Å². The van der Waals surface area contributed by atoms with E-state index in [2.05, 4.69) is 19.7 Å². The first kappa shape index (κ1) is 17.0. The summed E-state index contributed by atoms with van der Waals surface area (Å²) in [5.74, 6) is 1.32. The van der Waals surface area contributed by atoms with Gasteiger partial charge in [-0.15, -0.1) is 10.2 Å². The maximum absolute atomic E-state index is 12.6. The number of aryl methyl sites for hydroxylation is 2. The molecule has 0 saturated heterocycles. The molecule has 0 N–H and O–H groups in total. The summed E-state index contributed by atoms with van der Waals surface area (Å²) < 4.78 is 2.16. The van der Waals surface area contributed by atoms with E-state index in [1.807, 2.05) is 44.2 Å². The molecule has 2 aromatic heterocycles. The number of nitrogens with zero attached hydrogens (tertiary/aromatic N) is 4. The second kappa shape index (κ2) is 7.03. The molecular weight excluding hydrogens is 344 g/mol. The average molecular weight is 364 g/mol. The van der Waals surface area contributed by atoms with Crippen molar-refractivity contribution < 1.29 is 4.79 Å². The predicted molar refractivity (Wildman–Crippen MR) is 102 cm³/mol. The number of benzene rings is 1. The van der Waals surface area contributed by atoms with Crippen LogP contribution in [0.1, 0.15) is 40.4 Å². The Balaban J connectivity index is 1.55. The Hall–Kier alpha value is -2.47. The first-order valence-electron chi connectivity index (χ1n) is 8.72. The fraction of sp³-hybridized carbons (Fsp3) is 0.300. The molecule has 6 heteroatoms. The maximum atomic E-state index is 12.6. The van der Waals surface area contributed by atoms with Crippen LogP contribution in [-0.2, 0) is 0 Å². The summed E-state index contributed by atoms with van der Waals surface area (Å²) in [5.41, 5.74) is 3.93. The third-order valence-corrected chi connectivity index (χ3v) is 5.45. The van der Waals surface area contributed by atoms with Crippen LogP contribution in [0.4, 0.5) is 0 Å². The summed E-state index contributed by atoms with van der Waals surface area (Å²) >= 11 is 1.47. The first-order valence-corrected chi connectivity index (χ1v) is 9.70. The topological polar surface area (TPSA) is 60.7 Å². The van der Waals surface area contributed by atoms with Crippen molar-refractivity contribution in [1.29, 1.82) is 0 Å². The van der Waals surface area contributed by atoms with Crippen molar-refractivity contribution in [3.8, 4) is 11.4 Å². The monoisotopic (exact) mass is 364 g/mol. The minimum Gasteiger partial charge on any atom is -0.299 e. The second-order valence-electron chi connectivity index (χ2n) is 6.68. The van der Waals surface area contributed by atoms with Crippen LogP contribution in [0.25, 0.3) is 11.4 Å². The Morgan fingerprint density at radius 2 is 2.08 bits per heavy atom. The van der Waals surface area contributed by atoms with Gasteiger partial charge in [-0.05, 0) is 44.4 Å². The van der Waals surface area contributed by atoms with E-state index in [4.69, 9.17) is 0 Å². The van der Waals surface area contributed by atoms with E-state index in [0.717, 1.165) is 40.5 Å². The lowest BCUT2D eigenvalue weighted by atomic mass is 10.0. The van der Waals surface area contributed by atoms with Crippen molar-refractivity contribution in [2.75, 3.05) is 5.75 Å². The molecule has 0 amide bonds. The minimum absolute atomic E-state index is 0.126. The number of ketones is 1. The number of rotatable bonds is 6. The average Bonchev–Trinajstić information content (AvgIpc) is 3.39. The van der Waals surface area contributed by atoms with Crippen LogP contribution in [0.2, 0.25) is 0 Å². The van der Waals surface area contributed by atoms with Gasteiger partial charge in [0.05, 0.1) is 5.75 Å². The fourth-order valence-corrected chi connectivity index (χ4v) is 3.95. The number of thioether (sulfide) groups is 1. The molecule has 1 aromatic carbocycles. The van der Waals surface area contributed by atoms with E-state index < -0.39 is 0 Å². The van der Waals surface area contributed by atoms with E-state index in [-0.39, 0.29) is 5.78 Å². The largest absolute Gasteiger partial charge is 0.299 e. The smallest absolute Gasteiger partial charge is 0.192 e. The fourth-order valence-electron chi connectivity index (χ4n) is 3.06. The molecule has 0 radical (unpaired) electrons. The number of Topliss-reactive ketones (excluding diaryl/α,β-unsaturated/α-hetero) is 1. The molecule has 0 unspecified atom stereocenters. The van der Waals surface area contributed by atoms with Crippen molar-refractivity contribution in [2.45, 2.75) is 37.9 Å². The number of carbonyl (C=O) groups excluding carboxylic acids is 1. The molecule has 0 bridgehead atoms. The molecule has 1 aliphatic carbocycles. The van der Waals surface area contributed by atoms with Gasteiger partial charge in [-0.1, -0.05) is 35.5 Å². The lowest BCUT2D eigenvalue weighted by Gasteiger charge is -2.09. The zero-order chi connectivity index (χ0) is 18.1. The summed E-state index contributed by atoms with van der Waals surface area (Å²) in [6.45, 7) is 4.02. The highest BCUT2D eigenvalue weighted by molar-refractivity contribution is 7.99. The normalized spacial score (nSPS) is 13.8. The molecule has 0 spiro atoms. The van der Waals surface area contributed by atoms with Crippen LogP contribution in [0.5, 0.6) is 0 Å². The highest BCUT2D eigenvalue weighted by Gasteiger charge is 2.30. The summed E-state index contributed by atoms with van der Waals surface area (Å²) in [7, 11) is 0. The highest BCUT2D eigenvalue weighted by Crippen LogP contribution is 2.41. The zero-order valence-electron chi connectivity index (χ0n) is 14.8. The van der Waals surface area contributed by atoms with Crippen LogP contribution in [0, 0.1) is 13.8 Å². The van der Waals surface area contributed by atoms with Gasteiger partial charge in [0.15, 0.2) is 16.8 Å². The van der Waals surface area contributed by atoms with E-state index in [0.29, 0.717) is 11.8 Å². The van der Waals surface area contributed by atoms with Crippen molar-refractivity contribution in [3.05, 3.63) is 59.4 Å². The molecule has 1 saturated carbocycles. The molecule has 4 rings (SSSR count). The third kappa shape index (κ3) is 3.42. The van der Waals surface area contributed by atoms with Gasteiger partial charge >= 0.3 is 0 Å². The van der Waals surface area contributed by atoms with Gasteiger partial charge < -0.3 is 0 Å². The Morgan fingerprint density at radius 3 is 2.77 bits per heavy atom. The first-order chi connectivity index (χ1) is 12.6. The van der Waals surface area contributed by atoms with E-state index in [9.17, 15) is 4.79 Å². The molecule has 0 atom stereocenters. The molecule has 26 heavy (non-hydrogen) atoms.